The van der Waals surface area contributed by atoms with Crippen molar-refractivity contribution in [1.82, 2.24) is 0 Å². The zero-order valence-corrected chi connectivity index (χ0v) is 10.1. The second kappa shape index (κ2) is 31.9. The fourth-order valence-corrected chi connectivity index (χ4v) is 0. The van der Waals surface area contributed by atoms with E-state index in [2.05, 4.69) is 0 Å². The largest absolute Gasteiger partial charge is 0 e. The van der Waals surface area contributed by atoms with E-state index in [1.807, 2.05) is 0 Å². The van der Waals surface area contributed by atoms with Gasteiger partial charge in [-0.2, -0.15) is 0 Å². The van der Waals surface area contributed by atoms with Crippen molar-refractivity contribution in [2.45, 2.75) is 0 Å². The quantitative estimate of drug-likeness (QED) is 0.471. The Morgan fingerprint density at radius 3 is 1.20 bits per heavy atom. The van der Waals surface area contributed by atoms with E-state index in [4.69, 9.17) is 2.85 Å². The first-order chi connectivity index (χ1) is 1.00. The minimum atomic E-state index is -0.1000. The summed E-state index contributed by atoms with van der Waals surface area (Å²) >= 11 is -0.1000. The van der Waals surface area contributed by atoms with Crippen LogP contribution in [-0.2, 0) is 39.4 Å². The van der Waals surface area contributed by atoms with E-state index < -0.39 is 0 Å². The summed E-state index contributed by atoms with van der Waals surface area (Å²) in [6.07, 6.45) is 0. The number of hydrogen-bond acceptors (Lipinski definition) is 1. The maximum Gasteiger partial charge on any atom is 0 e. The average Bonchev–Trinajstić information content (AvgIpc) is 1.00. The molecule has 0 aromatic carbocycles. The molecule has 5 heavy (non-hydrogen) atoms. The van der Waals surface area contributed by atoms with E-state index in [1.165, 1.54) is 0 Å². The Labute approximate surface area is 82.3 Å². The minimum absolute atomic E-state index is 0. The SMILES string of the molecule is [Cu].[GaH3].[O]=[InH].[Zn]. The maximum absolute atomic E-state index is 8.42. The van der Waals surface area contributed by atoms with Crippen molar-refractivity contribution >= 4 is 44.2 Å². The molecule has 29 valence electrons. The van der Waals surface area contributed by atoms with Gasteiger partial charge < -0.3 is 0 Å². The van der Waals surface area contributed by atoms with E-state index in [0.29, 0.717) is 0 Å². The van der Waals surface area contributed by atoms with Crippen molar-refractivity contribution in [2.75, 3.05) is 0 Å². The first-order valence-electron chi connectivity index (χ1n) is 0.289. The molecule has 0 fully saturated rings. The van der Waals surface area contributed by atoms with Gasteiger partial charge in [-0.3, -0.25) is 0 Å². The Hall–Kier alpha value is 2.45. The topological polar surface area (TPSA) is 17.1 Å². The normalized spacial score (nSPS) is 0.600. The van der Waals surface area contributed by atoms with Crippen molar-refractivity contribution in [3.8, 4) is 0 Å². The Morgan fingerprint density at radius 2 is 1.20 bits per heavy atom. The Bertz CT molecular complexity index is 11.6. The van der Waals surface area contributed by atoms with E-state index in [-0.39, 0.29) is 80.7 Å². The molecular formula is H4CuGaInOZn. The van der Waals surface area contributed by atoms with Gasteiger partial charge in [0.15, 0.2) is 0 Å². The summed E-state index contributed by atoms with van der Waals surface area (Å²) in [7, 11) is 0. The third-order valence-corrected chi connectivity index (χ3v) is 0. The zero-order chi connectivity index (χ0) is 2.00. The Kier molecular flexibility index (Phi) is 166. The van der Waals surface area contributed by atoms with Crippen LogP contribution in [0, 0.1) is 0 Å². The molecule has 0 aliphatic rings. The van der Waals surface area contributed by atoms with Gasteiger partial charge in [0.1, 0.15) is 0 Å². The molecule has 0 aliphatic heterocycles. The second-order valence-corrected chi connectivity index (χ2v) is 0. The predicted molar refractivity (Wildman–Crippen MR) is 17.8 cm³/mol. The Morgan fingerprint density at radius 1 is 1.20 bits per heavy atom. The van der Waals surface area contributed by atoms with Gasteiger partial charge in [-0.05, 0) is 0 Å². The van der Waals surface area contributed by atoms with Crippen LogP contribution in [0.3, 0.4) is 0 Å². The van der Waals surface area contributed by atoms with Crippen LogP contribution < -0.4 is 0 Å². The first-order valence-corrected chi connectivity index (χ1v) is 1.94. The number of rotatable bonds is 0. The van der Waals surface area contributed by atoms with Gasteiger partial charge in [-0.1, -0.05) is 0 Å². The molecule has 5 heteroatoms. The fraction of sp³-hybridized carbons (Fsp3) is 0. The molecule has 0 saturated carbocycles. The molecule has 0 saturated heterocycles. The van der Waals surface area contributed by atoms with Crippen molar-refractivity contribution in [3.05, 3.63) is 0 Å². The molecule has 0 atom stereocenters. The van der Waals surface area contributed by atoms with Gasteiger partial charge in [0.2, 0.25) is 0 Å². The van der Waals surface area contributed by atoms with Crippen LogP contribution in [0.1, 0.15) is 0 Å². The van der Waals surface area contributed by atoms with Crippen molar-refractivity contribution in [2.24, 2.45) is 0 Å². The summed E-state index contributed by atoms with van der Waals surface area (Å²) in [6.45, 7) is 0. The molecule has 0 unspecified atom stereocenters. The van der Waals surface area contributed by atoms with Crippen LogP contribution in [0.5, 0.6) is 0 Å². The third kappa shape index (κ3) is 21.3. The van der Waals surface area contributed by atoms with Crippen molar-refractivity contribution in [1.29, 1.82) is 0 Å². The Balaban J connectivity index is -0.00000000167. The zero-order valence-electron chi connectivity index (χ0n) is 2.12. The second-order valence-electron chi connectivity index (χ2n) is 0. The smallest absolute Gasteiger partial charge is 0 e. The summed E-state index contributed by atoms with van der Waals surface area (Å²) < 4.78 is 8.42. The van der Waals surface area contributed by atoms with Gasteiger partial charge in [0.25, 0.3) is 0 Å². The van der Waals surface area contributed by atoms with E-state index in [9.17, 15) is 0 Å². The van der Waals surface area contributed by atoms with Crippen LogP contribution in [0.2, 0.25) is 0 Å². The van der Waals surface area contributed by atoms with E-state index in [0.717, 1.165) is 0 Å². The summed E-state index contributed by atoms with van der Waals surface area (Å²) in [6, 6.07) is 0. The van der Waals surface area contributed by atoms with E-state index in [1.54, 1.807) is 0 Å². The van der Waals surface area contributed by atoms with Gasteiger partial charge in [-0.15, -0.1) is 0 Å². The van der Waals surface area contributed by atoms with Crippen molar-refractivity contribution < 1.29 is 39.4 Å². The third-order valence-electron chi connectivity index (χ3n) is 0. The van der Waals surface area contributed by atoms with Crippen LogP contribution in [0.25, 0.3) is 0 Å². The molecule has 0 spiro atoms. The molecule has 1 radical (unpaired) electrons. The summed E-state index contributed by atoms with van der Waals surface area (Å²) in [4.78, 5) is 0. The summed E-state index contributed by atoms with van der Waals surface area (Å²) in [5.74, 6) is 0. The fourth-order valence-electron chi connectivity index (χ4n) is 0. The van der Waals surface area contributed by atoms with Crippen LogP contribution in [-0.4, -0.2) is 44.2 Å². The predicted octanol–water partition coefficient (Wildman–Crippen LogP) is -1.96. The molecule has 0 aromatic rings. The molecule has 0 amide bonds. The molecule has 0 aromatic heterocycles. The first kappa shape index (κ1) is 26.0. The van der Waals surface area contributed by atoms with Crippen LogP contribution in [0.15, 0.2) is 0 Å². The maximum atomic E-state index is 8.42. The van der Waals surface area contributed by atoms with Gasteiger partial charge in [0.05, 0.1) is 0 Å². The molecule has 0 N–H and O–H groups in total. The van der Waals surface area contributed by atoms with Gasteiger partial charge in [-0.25, -0.2) is 0 Å². The average molecular weight is 334 g/mol. The van der Waals surface area contributed by atoms with Gasteiger partial charge >= 0.3 is 47.0 Å². The summed E-state index contributed by atoms with van der Waals surface area (Å²) in [5.41, 5.74) is 0. The molecule has 1 nitrogen and oxygen atoms in total. The minimum Gasteiger partial charge on any atom is 0 e. The standard InChI is InChI=1S/Cu.Ga.In.O.Zn.4H. The monoisotopic (exact) mass is 331 g/mol. The summed E-state index contributed by atoms with van der Waals surface area (Å²) in [5, 5.41) is 0. The molecule has 0 bridgehead atoms. The number of hydrogen-bond donors (Lipinski definition) is 0. The molecule has 0 rings (SSSR count). The van der Waals surface area contributed by atoms with Crippen LogP contribution >= 0.6 is 0 Å². The molecular weight excluding hydrogens is 329 g/mol. The molecule has 0 aliphatic carbocycles. The van der Waals surface area contributed by atoms with Crippen LogP contribution in [0.4, 0.5) is 0 Å². The molecule has 0 heterocycles. The van der Waals surface area contributed by atoms with Crippen molar-refractivity contribution in [3.63, 3.8) is 0 Å². The van der Waals surface area contributed by atoms with Gasteiger partial charge in [0, 0.05) is 36.5 Å². The van der Waals surface area contributed by atoms with E-state index >= 15 is 0 Å².